The topological polar surface area (TPSA) is 126 Å². The molecule has 1 aliphatic rings. The number of rotatable bonds is 6. The van der Waals surface area contributed by atoms with Crippen molar-refractivity contribution in [3.05, 3.63) is 69.2 Å². The molecule has 0 saturated carbocycles. The van der Waals surface area contributed by atoms with Crippen LogP contribution in [0, 0.1) is 10.1 Å². The largest absolute Gasteiger partial charge is 0.326 e. The zero-order valence-corrected chi connectivity index (χ0v) is 17.2. The maximum Gasteiger partial charge on any atom is 0.269 e. The van der Waals surface area contributed by atoms with Crippen molar-refractivity contribution in [3.63, 3.8) is 0 Å². The molecule has 1 heterocycles. The van der Waals surface area contributed by atoms with E-state index < -0.39 is 10.2 Å². The van der Waals surface area contributed by atoms with Crippen molar-refractivity contribution in [1.82, 2.24) is 5.32 Å². The van der Waals surface area contributed by atoms with E-state index in [0.29, 0.717) is 22.0 Å². The molecule has 2 N–H and O–H groups in total. The average Bonchev–Trinajstić information content (AvgIpc) is 3.07. The summed E-state index contributed by atoms with van der Waals surface area (Å²) in [7, 11) is 0. The first kappa shape index (κ1) is 21.5. The monoisotopic (exact) mass is 445 g/mol. The molecule has 1 saturated heterocycles. The van der Waals surface area contributed by atoms with Crippen LogP contribution < -0.4 is 10.6 Å². The summed E-state index contributed by atoms with van der Waals surface area (Å²) in [6, 6.07) is 12.6. The van der Waals surface area contributed by atoms with Gasteiger partial charge in [0.2, 0.25) is 11.8 Å². The predicted octanol–water partition coefficient (Wildman–Crippen LogP) is 3.59. The number of halogens is 1. The summed E-state index contributed by atoms with van der Waals surface area (Å²) < 4.78 is 0. The molecule has 3 rings (SSSR count). The Hall–Kier alpha value is -3.24. The molecule has 11 heteroatoms. The fraction of sp³-hybridized carbons (Fsp3) is 0.158. The van der Waals surface area contributed by atoms with E-state index >= 15 is 0 Å². The van der Waals surface area contributed by atoms with Gasteiger partial charge in [-0.15, -0.1) is 5.10 Å². The van der Waals surface area contributed by atoms with Gasteiger partial charge in [-0.1, -0.05) is 23.4 Å². The van der Waals surface area contributed by atoms with Crippen LogP contribution >= 0.6 is 23.4 Å². The van der Waals surface area contributed by atoms with E-state index in [4.69, 9.17) is 11.6 Å². The summed E-state index contributed by atoms with van der Waals surface area (Å²) in [5.41, 5.74) is 1.76. The van der Waals surface area contributed by atoms with Crippen molar-refractivity contribution in [2.45, 2.75) is 18.6 Å². The maximum atomic E-state index is 12.2. The summed E-state index contributed by atoms with van der Waals surface area (Å²) in [4.78, 5) is 34.5. The molecule has 2 aromatic rings. The number of nitro groups is 1. The summed E-state index contributed by atoms with van der Waals surface area (Å²) in [6.07, 6.45) is -0.0246. The zero-order valence-electron chi connectivity index (χ0n) is 15.7. The highest BCUT2D eigenvalue weighted by Gasteiger charge is 2.32. The van der Waals surface area contributed by atoms with Crippen molar-refractivity contribution >= 4 is 57.4 Å². The van der Waals surface area contributed by atoms with Crippen LogP contribution in [0.25, 0.3) is 0 Å². The highest BCUT2D eigenvalue weighted by atomic mass is 35.5. The van der Waals surface area contributed by atoms with E-state index in [2.05, 4.69) is 20.8 Å². The Morgan fingerprint density at radius 2 is 1.90 bits per heavy atom. The quantitative estimate of drug-likeness (QED) is 0.399. The number of amides is 2. The molecule has 2 amide bonds. The zero-order chi connectivity index (χ0) is 21.7. The average molecular weight is 446 g/mol. The fourth-order valence-corrected chi connectivity index (χ4v) is 3.55. The number of carbonyl (C=O) groups excluding carboxylic acids is 2. The van der Waals surface area contributed by atoms with Crippen LogP contribution in [0.4, 0.5) is 11.4 Å². The van der Waals surface area contributed by atoms with Gasteiger partial charge in [-0.2, -0.15) is 5.10 Å². The van der Waals surface area contributed by atoms with Gasteiger partial charge in [0.1, 0.15) is 5.25 Å². The van der Waals surface area contributed by atoms with Crippen molar-refractivity contribution in [2.24, 2.45) is 10.2 Å². The Bertz CT molecular complexity index is 1040. The summed E-state index contributed by atoms with van der Waals surface area (Å²) in [5.74, 6) is -0.634. The van der Waals surface area contributed by atoms with Crippen LogP contribution in [-0.4, -0.2) is 32.9 Å². The van der Waals surface area contributed by atoms with Gasteiger partial charge in [-0.05, 0) is 48.9 Å². The molecule has 30 heavy (non-hydrogen) atoms. The van der Waals surface area contributed by atoms with Gasteiger partial charge in [-0.3, -0.25) is 19.7 Å². The number of hydrogen-bond acceptors (Lipinski definition) is 7. The lowest BCUT2D eigenvalue weighted by molar-refractivity contribution is -0.384. The van der Waals surface area contributed by atoms with Gasteiger partial charge in [-0.25, -0.2) is 0 Å². The van der Waals surface area contributed by atoms with E-state index in [1.165, 1.54) is 12.1 Å². The second kappa shape index (κ2) is 9.51. The smallest absolute Gasteiger partial charge is 0.269 e. The number of carbonyl (C=O) groups is 2. The van der Waals surface area contributed by atoms with E-state index in [0.717, 1.165) is 11.8 Å². The molecule has 0 unspecified atom stereocenters. The van der Waals surface area contributed by atoms with E-state index in [9.17, 15) is 19.7 Å². The van der Waals surface area contributed by atoms with Crippen molar-refractivity contribution < 1.29 is 14.5 Å². The minimum atomic E-state index is -0.620. The Balaban J connectivity index is 1.59. The number of non-ortho nitro benzene ring substituents is 1. The molecule has 9 nitrogen and oxygen atoms in total. The molecule has 1 aliphatic heterocycles. The highest BCUT2D eigenvalue weighted by molar-refractivity contribution is 8.15. The third-order valence-corrected chi connectivity index (χ3v) is 5.39. The number of nitrogens with one attached hydrogen (secondary N) is 2. The number of anilines is 1. The molecule has 1 fully saturated rings. The molecule has 2 aromatic carbocycles. The van der Waals surface area contributed by atoms with E-state index in [-0.39, 0.29) is 29.1 Å². The van der Waals surface area contributed by atoms with Crippen LogP contribution in [0.3, 0.4) is 0 Å². The van der Waals surface area contributed by atoms with Crippen LogP contribution in [0.1, 0.15) is 18.9 Å². The minimum absolute atomic E-state index is 0.0174. The SMILES string of the molecule is C/C(=N/N=C1\NC(=O)[C@@H](CC(=O)Nc2ccc(Cl)cc2)S1)c1ccc([N+](=O)[O-])cc1. The maximum absolute atomic E-state index is 12.2. The van der Waals surface area contributed by atoms with Gasteiger partial charge in [0.15, 0.2) is 5.17 Å². The lowest BCUT2D eigenvalue weighted by Gasteiger charge is -2.07. The third-order valence-electron chi connectivity index (χ3n) is 4.06. The molecule has 0 spiro atoms. The molecule has 0 bridgehead atoms. The van der Waals surface area contributed by atoms with Crippen molar-refractivity contribution in [2.75, 3.05) is 5.32 Å². The van der Waals surface area contributed by atoms with Gasteiger partial charge in [0, 0.05) is 29.3 Å². The summed E-state index contributed by atoms with van der Waals surface area (Å²) >= 11 is 6.93. The van der Waals surface area contributed by atoms with Gasteiger partial charge in [0.25, 0.3) is 5.69 Å². The number of nitro benzene ring substituents is 1. The van der Waals surface area contributed by atoms with Crippen LogP contribution in [0.15, 0.2) is 58.7 Å². The molecule has 0 aliphatic carbocycles. The van der Waals surface area contributed by atoms with Crippen LogP contribution in [0.5, 0.6) is 0 Å². The first-order valence-corrected chi connectivity index (χ1v) is 9.97. The number of nitrogens with zero attached hydrogens (tertiary/aromatic N) is 3. The first-order chi connectivity index (χ1) is 14.3. The highest BCUT2D eigenvalue weighted by Crippen LogP contribution is 2.23. The Labute approximate surface area is 180 Å². The molecular formula is C19H16ClN5O4S. The first-order valence-electron chi connectivity index (χ1n) is 8.72. The lowest BCUT2D eigenvalue weighted by Crippen LogP contribution is -2.28. The minimum Gasteiger partial charge on any atom is -0.326 e. The summed E-state index contributed by atoms with van der Waals surface area (Å²) in [5, 5.41) is 24.3. The Morgan fingerprint density at radius 1 is 1.23 bits per heavy atom. The molecule has 154 valence electrons. The molecule has 1 atom stereocenters. The van der Waals surface area contributed by atoms with Crippen LogP contribution in [-0.2, 0) is 9.59 Å². The molecule has 0 radical (unpaired) electrons. The Morgan fingerprint density at radius 3 is 2.53 bits per heavy atom. The third kappa shape index (κ3) is 5.65. The van der Waals surface area contributed by atoms with Gasteiger partial charge < -0.3 is 10.6 Å². The van der Waals surface area contributed by atoms with Gasteiger partial charge >= 0.3 is 0 Å². The van der Waals surface area contributed by atoms with E-state index in [1.807, 2.05) is 0 Å². The number of amidine groups is 1. The fourth-order valence-electron chi connectivity index (χ4n) is 2.50. The number of thioether (sulfide) groups is 1. The van der Waals surface area contributed by atoms with Crippen molar-refractivity contribution in [3.8, 4) is 0 Å². The number of hydrogen-bond donors (Lipinski definition) is 2. The van der Waals surface area contributed by atoms with Crippen LogP contribution in [0.2, 0.25) is 5.02 Å². The number of benzene rings is 2. The summed E-state index contributed by atoms with van der Waals surface area (Å²) in [6.45, 7) is 1.70. The normalized spacial score (nSPS) is 17.7. The van der Waals surface area contributed by atoms with E-state index in [1.54, 1.807) is 43.3 Å². The second-order valence-electron chi connectivity index (χ2n) is 6.25. The van der Waals surface area contributed by atoms with Gasteiger partial charge in [0.05, 0.1) is 10.6 Å². The standard InChI is InChI=1S/C19H16ClN5O4S/c1-11(12-2-8-15(9-3-12)25(28)29)23-24-19-22-18(27)16(30-19)10-17(26)21-14-6-4-13(20)5-7-14/h2-9,16H,10H2,1H3,(H,21,26)(H,22,24,27)/b23-11-/t16-/m1/s1. The molecule has 0 aromatic heterocycles. The van der Waals surface area contributed by atoms with Crippen molar-refractivity contribution in [1.29, 1.82) is 0 Å². The molecular weight excluding hydrogens is 430 g/mol. The Kier molecular flexibility index (Phi) is 6.80. The predicted molar refractivity (Wildman–Crippen MR) is 117 cm³/mol. The second-order valence-corrected chi connectivity index (χ2v) is 7.88. The lowest BCUT2D eigenvalue weighted by atomic mass is 10.1.